The molecule has 1 heterocycles. The summed E-state index contributed by atoms with van der Waals surface area (Å²) >= 11 is 1.58. The van der Waals surface area contributed by atoms with Crippen molar-refractivity contribution < 1.29 is 4.79 Å². The summed E-state index contributed by atoms with van der Waals surface area (Å²) in [5.74, 6) is -0.0335. The van der Waals surface area contributed by atoms with E-state index in [0.29, 0.717) is 12.1 Å². The first-order valence-corrected chi connectivity index (χ1v) is 9.73. The van der Waals surface area contributed by atoms with E-state index in [2.05, 4.69) is 26.0 Å². The van der Waals surface area contributed by atoms with Crippen LogP contribution in [-0.2, 0) is 6.54 Å². The molecule has 3 nitrogen and oxygen atoms in total. The van der Waals surface area contributed by atoms with Crippen LogP contribution in [0.25, 0.3) is 10.2 Å². The Morgan fingerprint density at radius 2 is 1.52 bits per heavy atom. The van der Waals surface area contributed by atoms with Crippen molar-refractivity contribution in [1.29, 1.82) is 0 Å². The summed E-state index contributed by atoms with van der Waals surface area (Å²) in [4.78, 5) is 19.9. The van der Waals surface area contributed by atoms with Crippen LogP contribution in [0.1, 0.15) is 27.0 Å². The van der Waals surface area contributed by atoms with Gasteiger partial charge in [0, 0.05) is 5.56 Å². The number of fused-ring (bicyclic) bond motifs is 1. The average molecular weight is 372 g/mol. The Bertz CT molecular complexity index is 1050. The van der Waals surface area contributed by atoms with Gasteiger partial charge in [-0.3, -0.25) is 9.69 Å². The molecule has 4 heteroatoms. The van der Waals surface area contributed by atoms with E-state index in [9.17, 15) is 4.79 Å². The molecular weight excluding hydrogens is 352 g/mol. The second-order valence-corrected chi connectivity index (χ2v) is 7.59. The number of nitrogens with zero attached hydrogens (tertiary/aromatic N) is 2. The van der Waals surface area contributed by atoms with Crippen molar-refractivity contribution in [3.8, 4) is 0 Å². The summed E-state index contributed by atoms with van der Waals surface area (Å²) in [5.41, 5.74) is 5.04. The van der Waals surface area contributed by atoms with E-state index in [4.69, 9.17) is 4.98 Å². The van der Waals surface area contributed by atoms with Crippen molar-refractivity contribution in [2.24, 2.45) is 0 Å². The van der Waals surface area contributed by atoms with E-state index in [-0.39, 0.29) is 5.91 Å². The zero-order chi connectivity index (χ0) is 18.8. The van der Waals surface area contributed by atoms with Crippen molar-refractivity contribution in [3.05, 3.63) is 95.1 Å². The molecule has 0 aliphatic carbocycles. The quantitative estimate of drug-likeness (QED) is 0.456. The Morgan fingerprint density at radius 1 is 0.889 bits per heavy atom. The SMILES string of the molecule is Cc1ccc(C)c2sc(N(Cc3ccccc3)C(=O)c3ccccc3)nc12. The molecule has 0 saturated carbocycles. The summed E-state index contributed by atoms with van der Waals surface area (Å²) in [7, 11) is 0. The predicted molar refractivity (Wildman–Crippen MR) is 112 cm³/mol. The third-order valence-electron chi connectivity index (χ3n) is 4.61. The molecular formula is C23H20N2OS. The molecule has 3 aromatic carbocycles. The van der Waals surface area contributed by atoms with Gasteiger partial charge in [0.15, 0.2) is 5.13 Å². The van der Waals surface area contributed by atoms with Crippen LogP contribution < -0.4 is 4.90 Å². The highest BCUT2D eigenvalue weighted by Crippen LogP contribution is 2.34. The fourth-order valence-corrected chi connectivity index (χ4v) is 4.20. The first-order chi connectivity index (χ1) is 13.1. The zero-order valence-electron chi connectivity index (χ0n) is 15.3. The average Bonchev–Trinajstić information content (AvgIpc) is 3.16. The van der Waals surface area contributed by atoms with Gasteiger partial charge >= 0.3 is 0 Å². The molecule has 1 amide bonds. The number of carbonyl (C=O) groups is 1. The highest BCUT2D eigenvalue weighted by Gasteiger charge is 2.22. The molecule has 0 aliphatic heterocycles. The number of rotatable bonds is 4. The molecule has 0 radical (unpaired) electrons. The predicted octanol–water partition coefficient (Wildman–Crippen LogP) is 5.76. The van der Waals surface area contributed by atoms with Gasteiger partial charge in [-0.1, -0.05) is 72.0 Å². The van der Waals surface area contributed by atoms with Gasteiger partial charge in [-0.15, -0.1) is 0 Å². The summed E-state index contributed by atoms with van der Waals surface area (Å²) in [6.07, 6.45) is 0. The molecule has 4 aromatic rings. The van der Waals surface area contributed by atoms with Crippen LogP contribution in [0.3, 0.4) is 0 Å². The lowest BCUT2D eigenvalue weighted by Crippen LogP contribution is -2.30. The fraction of sp³-hybridized carbons (Fsp3) is 0.130. The van der Waals surface area contributed by atoms with Crippen LogP contribution in [0, 0.1) is 13.8 Å². The molecule has 0 atom stereocenters. The summed E-state index contributed by atoms with van der Waals surface area (Å²) in [6, 6.07) is 23.6. The minimum atomic E-state index is -0.0335. The van der Waals surface area contributed by atoms with Crippen LogP contribution >= 0.6 is 11.3 Å². The van der Waals surface area contributed by atoms with Crippen molar-refractivity contribution in [2.75, 3.05) is 4.90 Å². The lowest BCUT2D eigenvalue weighted by atomic mass is 10.1. The lowest BCUT2D eigenvalue weighted by molar-refractivity contribution is 0.0985. The molecule has 0 fully saturated rings. The maximum Gasteiger partial charge on any atom is 0.260 e. The van der Waals surface area contributed by atoms with E-state index in [1.54, 1.807) is 16.2 Å². The molecule has 4 rings (SSSR count). The molecule has 0 spiro atoms. The van der Waals surface area contributed by atoms with Crippen LogP contribution in [0.2, 0.25) is 0 Å². The van der Waals surface area contributed by atoms with Crippen molar-refractivity contribution in [2.45, 2.75) is 20.4 Å². The largest absolute Gasteiger partial charge is 0.279 e. The van der Waals surface area contributed by atoms with Gasteiger partial charge < -0.3 is 0 Å². The standard InChI is InChI=1S/C23H20N2OS/c1-16-13-14-17(2)21-20(16)24-23(27-21)25(15-18-9-5-3-6-10-18)22(26)19-11-7-4-8-12-19/h3-14H,15H2,1-2H3. The highest BCUT2D eigenvalue weighted by atomic mass is 32.1. The van der Waals surface area contributed by atoms with E-state index >= 15 is 0 Å². The molecule has 1 aromatic heterocycles. The lowest BCUT2D eigenvalue weighted by Gasteiger charge is -2.20. The van der Waals surface area contributed by atoms with Crippen LogP contribution in [0.4, 0.5) is 5.13 Å². The Balaban J connectivity index is 1.81. The highest BCUT2D eigenvalue weighted by molar-refractivity contribution is 7.22. The fourth-order valence-electron chi connectivity index (χ4n) is 3.09. The van der Waals surface area contributed by atoms with Crippen LogP contribution in [0.5, 0.6) is 0 Å². The Kier molecular flexibility index (Phi) is 4.73. The Morgan fingerprint density at radius 3 is 2.19 bits per heavy atom. The normalized spacial score (nSPS) is 10.9. The number of carbonyl (C=O) groups excluding carboxylic acids is 1. The van der Waals surface area contributed by atoms with E-state index in [1.165, 1.54) is 5.56 Å². The minimum absolute atomic E-state index is 0.0335. The number of thiazole rings is 1. The number of anilines is 1. The Hall–Kier alpha value is -2.98. The Labute approximate surface area is 162 Å². The third kappa shape index (κ3) is 3.49. The molecule has 0 aliphatic rings. The summed E-state index contributed by atoms with van der Waals surface area (Å²) in [6.45, 7) is 4.64. The molecule has 0 N–H and O–H groups in total. The number of amides is 1. The summed E-state index contributed by atoms with van der Waals surface area (Å²) < 4.78 is 1.14. The molecule has 0 saturated heterocycles. The number of benzene rings is 3. The van der Waals surface area contributed by atoms with E-state index in [1.807, 2.05) is 60.7 Å². The van der Waals surface area contributed by atoms with Crippen molar-refractivity contribution >= 4 is 32.6 Å². The van der Waals surface area contributed by atoms with Gasteiger partial charge in [0.2, 0.25) is 0 Å². The minimum Gasteiger partial charge on any atom is -0.279 e. The third-order valence-corrected chi connectivity index (χ3v) is 5.82. The van der Waals surface area contributed by atoms with Crippen LogP contribution in [0.15, 0.2) is 72.8 Å². The van der Waals surface area contributed by atoms with E-state index in [0.717, 1.165) is 26.5 Å². The monoisotopic (exact) mass is 372 g/mol. The van der Waals surface area contributed by atoms with Crippen molar-refractivity contribution in [1.82, 2.24) is 4.98 Å². The maximum absolute atomic E-state index is 13.3. The second kappa shape index (κ2) is 7.33. The van der Waals surface area contributed by atoms with Gasteiger partial charge in [0.1, 0.15) is 0 Å². The molecule has 0 unspecified atom stereocenters. The molecule has 134 valence electrons. The topological polar surface area (TPSA) is 33.2 Å². The number of hydrogen-bond acceptors (Lipinski definition) is 3. The molecule has 0 bridgehead atoms. The second-order valence-electron chi connectivity index (χ2n) is 6.62. The zero-order valence-corrected chi connectivity index (χ0v) is 16.2. The number of aromatic nitrogens is 1. The first kappa shape index (κ1) is 17.4. The van der Waals surface area contributed by atoms with Gasteiger partial charge in [0.05, 0.1) is 16.8 Å². The van der Waals surface area contributed by atoms with Crippen LogP contribution in [-0.4, -0.2) is 10.9 Å². The molecule has 27 heavy (non-hydrogen) atoms. The van der Waals surface area contributed by atoms with Gasteiger partial charge in [-0.2, -0.15) is 0 Å². The number of hydrogen-bond donors (Lipinski definition) is 0. The first-order valence-electron chi connectivity index (χ1n) is 8.91. The smallest absolute Gasteiger partial charge is 0.260 e. The van der Waals surface area contributed by atoms with Gasteiger partial charge in [0.25, 0.3) is 5.91 Å². The maximum atomic E-state index is 13.3. The van der Waals surface area contributed by atoms with Gasteiger partial charge in [-0.05, 0) is 42.7 Å². The number of aryl methyl sites for hydroxylation is 2. The van der Waals surface area contributed by atoms with Gasteiger partial charge in [-0.25, -0.2) is 4.98 Å². The van der Waals surface area contributed by atoms with E-state index < -0.39 is 0 Å². The summed E-state index contributed by atoms with van der Waals surface area (Å²) in [5, 5.41) is 0.736. The van der Waals surface area contributed by atoms with Crippen molar-refractivity contribution in [3.63, 3.8) is 0 Å².